The van der Waals surface area contributed by atoms with Crippen molar-refractivity contribution >= 4 is 16.6 Å². The van der Waals surface area contributed by atoms with E-state index in [0.29, 0.717) is 12.2 Å². The fourth-order valence-corrected chi connectivity index (χ4v) is 2.41. The number of anilines is 1. The lowest BCUT2D eigenvalue weighted by atomic mass is 10.1. The van der Waals surface area contributed by atoms with Crippen LogP contribution in [0.15, 0.2) is 34.7 Å². The average Bonchev–Trinajstić information content (AvgIpc) is 2.93. The second kappa shape index (κ2) is 5.86. The number of nitrogens with zero attached hydrogens (tertiary/aromatic N) is 3. The van der Waals surface area contributed by atoms with Gasteiger partial charge in [0.25, 0.3) is 0 Å². The lowest BCUT2D eigenvalue weighted by molar-refractivity contribution is 0.486. The summed E-state index contributed by atoms with van der Waals surface area (Å²) in [5, 5.41) is 21.6. The Morgan fingerprint density at radius 1 is 1.18 bits per heavy atom. The van der Waals surface area contributed by atoms with Crippen molar-refractivity contribution in [1.82, 2.24) is 10.2 Å². The molecular weight excluding hydrogens is 276 g/mol. The van der Waals surface area contributed by atoms with E-state index in [-0.39, 0.29) is 0 Å². The number of aryl methyl sites for hydroxylation is 2. The van der Waals surface area contributed by atoms with Crippen molar-refractivity contribution in [2.75, 3.05) is 11.9 Å². The third kappa shape index (κ3) is 2.77. The van der Waals surface area contributed by atoms with Gasteiger partial charge in [0, 0.05) is 18.4 Å². The highest BCUT2D eigenvalue weighted by Crippen LogP contribution is 2.25. The van der Waals surface area contributed by atoms with Crippen molar-refractivity contribution in [2.45, 2.75) is 20.3 Å². The first-order valence-corrected chi connectivity index (χ1v) is 7.13. The Morgan fingerprint density at radius 3 is 2.77 bits per heavy atom. The largest absolute Gasteiger partial charge is 0.466 e. The van der Waals surface area contributed by atoms with Crippen LogP contribution in [0.1, 0.15) is 22.8 Å². The quantitative estimate of drug-likeness (QED) is 0.798. The first-order valence-electron chi connectivity index (χ1n) is 7.13. The van der Waals surface area contributed by atoms with Gasteiger partial charge in [-0.25, -0.2) is 0 Å². The van der Waals surface area contributed by atoms with Crippen molar-refractivity contribution in [3.8, 4) is 6.07 Å². The molecule has 0 bridgehead atoms. The maximum Gasteiger partial charge on any atom is 0.186 e. The summed E-state index contributed by atoms with van der Waals surface area (Å²) in [7, 11) is 0. The molecule has 0 atom stereocenters. The van der Waals surface area contributed by atoms with E-state index in [1.54, 1.807) is 0 Å². The summed E-state index contributed by atoms with van der Waals surface area (Å²) >= 11 is 0. The van der Waals surface area contributed by atoms with Crippen LogP contribution in [0.25, 0.3) is 10.9 Å². The van der Waals surface area contributed by atoms with Gasteiger partial charge in [-0.05, 0) is 38.1 Å². The van der Waals surface area contributed by atoms with Crippen LogP contribution in [-0.4, -0.2) is 16.7 Å². The molecule has 0 saturated heterocycles. The van der Waals surface area contributed by atoms with Gasteiger partial charge in [-0.2, -0.15) is 5.26 Å². The molecule has 0 radical (unpaired) electrons. The minimum absolute atomic E-state index is 0.314. The number of nitriles is 1. The fourth-order valence-electron chi connectivity index (χ4n) is 2.41. The van der Waals surface area contributed by atoms with Gasteiger partial charge in [-0.3, -0.25) is 0 Å². The molecule has 3 rings (SSSR count). The molecule has 0 aliphatic rings. The van der Waals surface area contributed by atoms with Crippen molar-refractivity contribution in [3.63, 3.8) is 0 Å². The molecular formula is C17H16N4O. The van der Waals surface area contributed by atoms with Gasteiger partial charge in [0.2, 0.25) is 0 Å². The van der Waals surface area contributed by atoms with E-state index in [0.717, 1.165) is 40.1 Å². The van der Waals surface area contributed by atoms with Crippen LogP contribution >= 0.6 is 0 Å². The van der Waals surface area contributed by atoms with E-state index < -0.39 is 0 Å². The van der Waals surface area contributed by atoms with Crippen LogP contribution in [0.2, 0.25) is 0 Å². The molecule has 0 unspecified atom stereocenters. The van der Waals surface area contributed by atoms with E-state index >= 15 is 0 Å². The van der Waals surface area contributed by atoms with Gasteiger partial charge in [-0.1, -0.05) is 11.6 Å². The molecule has 0 fully saturated rings. The molecule has 1 N–H and O–H groups in total. The van der Waals surface area contributed by atoms with Gasteiger partial charge < -0.3 is 9.73 Å². The predicted octanol–water partition coefficient (Wildman–Crippen LogP) is 3.37. The summed E-state index contributed by atoms with van der Waals surface area (Å²) in [6, 6.07) is 11.9. The first-order chi connectivity index (χ1) is 10.7. The van der Waals surface area contributed by atoms with Crippen molar-refractivity contribution in [2.24, 2.45) is 0 Å². The Labute approximate surface area is 128 Å². The van der Waals surface area contributed by atoms with E-state index in [9.17, 15) is 5.26 Å². The minimum atomic E-state index is 0.314. The molecule has 110 valence electrons. The number of fused-ring (bicyclic) bond motifs is 1. The van der Waals surface area contributed by atoms with E-state index in [1.807, 2.05) is 44.2 Å². The lowest BCUT2D eigenvalue weighted by Gasteiger charge is -2.10. The van der Waals surface area contributed by atoms with Crippen molar-refractivity contribution < 1.29 is 4.42 Å². The number of rotatable bonds is 4. The monoisotopic (exact) mass is 292 g/mol. The standard InChI is InChI=1S/C17H16N4O/c1-11-3-6-15-14(9-11)17(16(10-18)21-20-15)19-8-7-13-5-4-12(2)22-13/h3-6,9H,7-8H2,1-2H3,(H,19,20). The number of aromatic nitrogens is 2. The summed E-state index contributed by atoms with van der Waals surface area (Å²) < 4.78 is 5.55. The summed E-state index contributed by atoms with van der Waals surface area (Å²) in [6.45, 7) is 4.60. The number of nitrogens with one attached hydrogen (secondary N) is 1. The van der Waals surface area contributed by atoms with Crippen molar-refractivity contribution in [1.29, 1.82) is 5.26 Å². The summed E-state index contributed by atoms with van der Waals surface area (Å²) in [5.74, 6) is 1.82. The second-order valence-corrected chi connectivity index (χ2v) is 5.25. The maximum atomic E-state index is 9.26. The zero-order chi connectivity index (χ0) is 15.5. The van der Waals surface area contributed by atoms with Gasteiger partial charge in [-0.15, -0.1) is 10.2 Å². The molecule has 3 aromatic rings. The lowest BCUT2D eigenvalue weighted by Crippen LogP contribution is -2.08. The summed E-state index contributed by atoms with van der Waals surface area (Å²) in [5.41, 5.74) is 2.95. The summed E-state index contributed by atoms with van der Waals surface area (Å²) in [4.78, 5) is 0. The van der Waals surface area contributed by atoms with Gasteiger partial charge in [0.15, 0.2) is 5.69 Å². The molecule has 5 heteroatoms. The Hall–Kier alpha value is -2.87. The molecule has 1 aromatic carbocycles. The van der Waals surface area contributed by atoms with Crippen molar-refractivity contribution in [3.05, 3.63) is 53.1 Å². The molecule has 5 nitrogen and oxygen atoms in total. The van der Waals surface area contributed by atoms with Crippen LogP contribution in [0, 0.1) is 25.2 Å². The topological polar surface area (TPSA) is 74.7 Å². The molecule has 0 saturated carbocycles. The zero-order valence-corrected chi connectivity index (χ0v) is 12.6. The molecule has 2 aromatic heterocycles. The second-order valence-electron chi connectivity index (χ2n) is 5.25. The van der Waals surface area contributed by atoms with E-state index in [1.165, 1.54) is 0 Å². The molecule has 0 aliphatic carbocycles. The number of hydrogen-bond donors (Lipinski definition) is 1. The Bertz CT molecular complexity index is 861. The van der Waals surface area contributed by atoms with Crippen LogP contribution < -0.4 is 5.32 Å². The molecule has 0 spiro atoms. The van der Waals surface area contributed by atoms with E-state index in [2.05, 4.69) is 21.6 Å². The van der Waals surface area contributed by atoms with E-state index in [4.69, 9.17) is 4.42 Å². The number of hydrogen-bond acceptors (Lipinski definition) is 5. The fraction of sp³-hybridized carbons (Fsp3) is 0.235. The van der Waals surface area contributed by atoms with Gasteiger partial charge >= 0.3 is 0 Å². The Morgan fingerprint density at radius 2 is 2.05 bits per heavy atom. The number of furan rings is 1. The highest BCUT2D eigenvalue weighted by atomic mass is 16.3. The van der Waals surface area contributed by atoms with Crippen LogP contribution in [0.3, 0.4) is 0 Å². The first kappa shape index (κ1) is 14.1. The smallest absolute Gasteiger partial charge is 0.186 e. The third-order valence-electron chi connectivity index (χ3n) is 3.49. The SMILES string of the molecule is Cc1ccc2nnc(C#N)c(NCCc3ccc(C)o3)c2c1. The highest BCUT2D eigenvalue weighted by Gasteiger charge is 2.10. The average molecular weight is 292 g/mol. The molecule has 0 aliphatic heterocycles. The molecule has 2 heterocycles. The molecule has 0 amide bonds. The Kier molecular flexibility index (Phi) is 3.75. The van der Waals surface area contributed by atoms with Crippen LogP contribution in [-0.2, 0) is 6.42 Å². The minimum Gasteiger partial charge on any atom is -0.466 e. The predicted molar refractivity (Wildman–Crippen MR) is 84.6 cm³/mol. The number of benzene rings is 1. The van der Waals surface area contributed by atoms with Gasteiger partial charge in [0.1, 0.15) is 17.6 Å². The van der Waals surface area contributed by atoms with Crippen LogP contribution in [0.5, 0.6) is 0 Å². The van der Waals surface area contributed by atoms with Gasteiger partial charge in [0.05, 0.1) is 11.2 Å². The highest BCUT2D eigenvalue weighted by molar-refractivity contribution is 5.93. The maximum absolute atomic E-state index is 9.26. The normalized spacial score (nSPS) is 10.6. The molecule has 22 heavy (non-hydrogen) atoms. The summed E-state index contributed by atoms with van der Waals surface area (Å²) in [6.07, 6.45) is 0.744. The Balaban J connectivity index is 1.88. The van der Waals surface area contributed by atoms with Crippen LogP contribution in [0.4, 0.5) is 5.69 Å². The zero-order valence-electron chi connectivity index (χ0n) is 12.6. The third-order valence-corrected chi connectivity index (χ3v) is 3.49.